The van der Waals surface area contributed by atoms with Crippen LogP contribution < -0.4 is 5.32 Å². The van der Waals surface area contributed by atoms with Crippen molar-refractivity contribution in [1.82, 2.24) is 34.9 Å². The van der Waals surface area contributed by atoms with Crippen LogP contribution >= 0.6 is 0 Å². The van der Waals surface area contributed by atoms with E-state index in [1.165, 1.54) is 0 Å². The summed E-state index contributed by atoms with van der Waals surface area (Å²) in [5.74, 6) is 1.20. The Morgan fingerprint density at radius 2 is 2.04 bits per heavy atom. The van der Waals surface area contributed by atoms with E-state index in [9.17, 15) is 9.90 Å². The van der Waals surface area contributed by atoms with Gasteiger partial charge in [-0.25, -0.2) is 14.8 Å². The van der Waals surface area contributed by atoms with Gasteiger partial charge in [0.2, 0.25) is 0 Å². The lowest BCUT2D eigenvalue weighted by Gasteiger charge is -2.38. The van der Waals surface area contributed by atoms with Gasteiger partial charge in [-0.3, -0.25) is 5.10 Å². The Kier molecular flexibility index (Phi) is 5.07. The average molecular weight is 381 g/mol. The van der Waals surface area contributed by atoms with Gasteiger partial charge in [0.15, 0.2) is 5.82 Å². The number of nitrogens with one attached hydrogen (secondary N) is 2. The molecule has 0 aliphatic carbocycles. The normalized spacial score (nSPS) is 16.1. The van der Waals surface area contributed by atoms with Crippen molar-refractivity contribution in [2.75, 3.05) is 13.1 Å². The molecule has 146 valence electrons. The predicted octanol–water partition coefficient (Wildman–Crippen LogP) is 1.40. The zero-order valence-corrected chi connectivity index (χ0v) is 15.5. The largest absolute Gasteiger partial charge is 0.388 e. The van der Waals surface area contributed by atoms with Gasteiger partial charge in [0.05, 0.1) is 25.0 Å². The summed E-state index contributed by atoms with van der Waals surface area (Å²) in [5, 5.41) is 20.6. The molecule has 0 bridgehead atoms. The Morgan fingerprint density at radius 3 is 2.75 bits per heavy atom. The summed E-state index contributed by atoms with van der Waals surface area (Å²) in [5.41, 5.74) is 0.108. The summed E-state index contributed by atoms with van der Waals surface area (Å²) < 4.78 is 1.87. The number of piperidine rings is 1. The van der Waals surface area contributed by atoms with Crippen LogP contribution in [0.15, 0.2) is 49.1 Å². The summed E-state index contributed by atoms with van der Waals surface area (Å²) in [6, 6.07) is 9.50. The fraction of sp³-hybridized carbons (Fsp3) is 0.368. The molecule has 2 aromatic heterocycles. The molecule has 3 heterocycles. The van der Waals surface area contributed by atoms with Gasteiger partial charge >= 0.3 is 6.03 Å². The van der Waals surface area contributed by atoms with E-state index in [1.54, 1.807) is 17.4 Å². The lowest BCUT2D eigenvalue weighted by molar-refractivity contribution is -0.0257. The van der Waals surface area contributed by atoms with Gasteiger partial charge in [-0.15, -0.1) is 0 Å². The van der Waals surface area contributed by atoms with Crippen LogP contribution in [0.2, 0.25) is 0 Å². The van der Waals surface area contributed by atoms with Crippen LogP contribution in [0.4, 0.5) is 4.79 Å². The van der Waals surface area contributed by atoms with E-state index >= 15 is 0 Å². The molecule has 0 spiro atoms. The van der Waals surface area contributed by atoms with Crippen molar-refractivity contribution in [2.45, 2.75) is 31.5 Å². The van der Waals surface area contributed by atoms with E-state index in [2.05, 4.69) is 25.5 Å². The fourth-order valence-electron chi connectivity index (χ4n) is 3.37. The van der Waals surface area contributed by atoms with Crippen molar-refractivity contribution >= 4 is 6.03 Å². The van der Waals surface area contributed by atoms with E-state index in [-0.39, 0.29) is 12.6 Å². The molecule has 3 N–H and O–H groups in total. The Morgan fingerprint density at radius 1 is 1.25 bits per heavy atom. The molecule has 9 heteroatoms. The van der Waals surface area contributed by atoms with Gasteiger partial charge in [-0.2, -0.15) is 5.10 Å². The van der Waals surface area contributed by atoms with Gasteiger partial charge in [-0.1, -0.05) is 30.3 Å². The summed E-state index contributed by atoms with van der Waals surface area (Å²) in [6.45, 7) is 1.77. The monoisotopic (exact) mass is 381 g/mol. The third-order valence-corrected chi connectivity index (χ3v) is 4.99. The molecule has 1 fully saturated rings. The van der Waals surface area contributed by atoms with Crippen LogP contribution in [0, 0.1) is 0 Å². The maximum Gasteiger partial charge on any atom is 0.317 e. The van der Waals surface area contributed by atoms with Crippen LogP contribution in [0.5, 0.6) is 0 Å². The number of rotatable bonds is 5. The number of hydrogen-bond acceptors (Lipinski definition) is 5. The number of aromatic amines is 1. The Hall–Kier alpha value is -3.20. The number of aliphatic hydroxyl groups is 1. The molecule has 9 nitrogen and oxygen atoms in total. The lowest BCUT2D eigenvalue weighted by Crippen LogP contribution is -2.51. The first-order valence-electron chi connectivity index (χ1n) is 9.29. The second kappa shape index (κ2) is 7.81. The second-order valence-corrected chi connectivity index (χ2v) is 7.08. The Labute approximate surface area is 162 Å². The molecule has 1 saturated heterocycles. The quantitative estimate of drug-likeness (QED) is 0.619. The molecule has 1 aliphatic rings. The average Bonchev–Trinajstić information content (AvgIpc) is 3.39. The van der Waals surface area contributed by atoms with E-state index in [4.69, 9.17) is 0 Å². The predicted molar refractivity (Wildman–Crippen MR) is 102 cm³/mol. The first-order chi connectivity index (χ1) is 13.6. The number of hydrogen-bond donors (Lipinski definition) is 3. The minimum absolute atomic E-state index is 0.164. The van der Waals surface area contributed by atoms with Crippen molar-refractivity contribution in [1.29, 1.82) is 0 Å². The molecule has 4 rings (SSSR count). The molecule has 3 aromatic rings. The number of amides is 2. The molecule has 2 amide bonds. The zero-order chi connectivity index (χ0) is 19.4. The first kappa shape index (κ1) is 18.2. The van der Waals surface area contributed by atoms with Crippen molar-refractivity contribution < 1.29 is 9.90 Å². The smallest absolute Gasteiger partial charge is 0.317 e. The van der Waals surface area contributed by atoms with Crippen LogP contribution in [0.25, 0.3) is 11.4 Å². The number of H-pyrrole nitrogens is 1. The second-order valence-electron chi connectivity index (χ2n) is 7.08. The van der Waals surface area contributed by atoms with Crippen LogP contribution in [0.1, 0.15) is 18.7 Å². The third-order valence-electron chi connectivity index (χ3n) is 4.99. The summed E-state index contributed by atoms with van der Waals surface area (Å²) in [4.78, 5) is 22.6. The highest BCUT2D eigenvalue weighted by Gasteiger charge is 2.34. The summed E-state index contributed by atoms with van der Waals surface area (Å²) in [7, 11) is 0. The number of imidazole rings is 1. The van der Waals surface area contributed by atoms with Crippen molar-refractivity contribution in [3.8, 4) is 11.4 Å². The van der Waals surface area contributed by atoms with Gasteiger partial charge in [-0.05, 0) is 12.8 Å². The van der Waals surface area contributed by atoms with Crippen molar-refractivity contribution in [3.63, 3.8) is 0 Å². The van der Waals surface area contributed by atoms with E-state index in [1.807, 2.05) is 41.1 Å². The standard InChI is InChI=1S/C19H23N7O2/c27-18(21-12-16-22-17(24-23-16)15-4-2-1-3-5-15)26-9-6-19(28,7-10-26)13-25-11-8-20-14-25/h1-5,8,11,14,28H,6-7,9-10,12-13H2,(H,21,27)(H,22,23,24). The number of likely N-dealkylation sites (tertiary alicyclic amines) is 1. The number of benzene rings is 1. The SMILES string of the molecule is O=C(NCc1nc(-c2ccccc2)n[nH]1)N1CCC(O)(Cn2ccnc2)CC1. The number of aromatic nitrogens is 5. The first-order valence-corrected chi connectivity index (χ1v) is 9.29. The Bertz CT molecular complexity index is 900. The molecule has 1 aromatic carbocycles. The molecule has 1 aliphatic heterocycles. The van der Waals surface area contributed by atoms with E-state index < -0.39 is 5.60 Å². The maximum absolute atomic E-state index is 12.4. The molecule has 0 radical (unpaired) electrons. The third kappa shape index (κ3) is 4.20. The van der Waals surface area contributed by atoms with Gasteiger partial charge in [0, 0.05) is 31.0 Å². The van der Waals surface area contributed by atoms with Crippen molar-refractivity contribution in [2.24, 2.45) is 0 Å². The molecular formula is C19H23N7O2. The molecule has 0 unspecified atom stereocenters. The van der Waals surface area contributed by atoms with Gasteiger partial charge in [0.25, 0.3) is 0 Å². The van der Waals surface area contributed by atoms with Crippen molar-refractivity contribution in [3.05, 3.63) is 54.9 Å². The highest BCUT2D eigenvalue weighted by molar-refractivity contribution is 5.74. The topological polar surface area (TPSA) is 112 Å². The van der Waals surface area contributed by atoms with Crippen LogP contribution in [0.3, 0.4) is 0 Å². The minimum Gasteiger partial charge on any atom is -0.388 e. The summed E-state index contributed by atoms with van der Waals surface area (Å²) in [6.07, 6.45) is 6.27. The number of carbonyl (C=O) groups excluding carboxylic acids is 1. The Balaban J connectivity index is 1.27. The highest BCUT2D eigenvalue weighted by atomic mass is 16.3. The molecule has 0 saturated carbocycles. The van der Waals surface area contributed by atoms with Crippen LogP contribution in [-0.4, -0.2) is 59.5 Å². The van der Waals surface area contributed by atoms with Gasteiger partial charge in [0.1, 0.15) is 5.82 Å². The lowest BCUT2D eigenvalue weighted by atomic mass is 9.91. The fourth-order valence-corrected chi connectivity index (χ4v) is 3.37. The number of nitrogens with zero attached hydrogens (tertiary/aromatic N) is 5. The minimum atomic E-state index is -0.813. The van der Waals surface area contributed by atoms with Crippen LogP contribution in [-0.2, 0) is 13.1 Å². The number of urea groups is 1. The zero-order valence-electron chi connectivity index (χ0n) is 15.5. The molecule has 28 heavy (non-hydrogen) atoms. The highest BCUT2D eigenvalue weighted by Crippen LogP contribution is 2.24. The van der Waals surface area contributed by atoms with E-state index in [0.717, 1.165) is 5.56 Å². The molecule has 0 atom stereocenters. The van der Waals surface area contributed by atoms with Gasteiger partial charge < -0.3 is 19.9 Å². The molecular weight excluding hydrogens is 358 g/mol. The number of carbonyl (C=O) groups is 1. The van der Waals surface area contributed by atoms with E-state index in [0.29, 0.717) is 44.1 Å². The maximum atomic E-state index is 12.4. The summed E-state index contributed by atoms with van der Waals surface area (Å²) >= 11 is 0.